The summed E-state index contributed by atoms with van der Waals surface area (Å²) in [7, 11) is 0. The smallest absolute Gasteiger partial charge is 0.385 e. The van der Waals surface area contributed by atoms with Gasteiger partial charge in [-0.25, -0.2) is 4.98 Å². The van der Waals surface area contributed by atoms with Crippen molar-refractivity contribution < 1.29 is 27.9 Å². The monoisotopic (exact) mass is 501 g/mol. The highest BCUT2D eigenvalue weighted by molar-refractivity contribution is 5.96. The normalized spacial score (nSPS) is 22.8. The first-order valence-electron chi connectivity index (χ1n) is 11.7. The number of alkyl halides is 3. The number of rotatable bonds is 6. The highest BCUT2D eigenvalue weighted by Crippen LogP contribution is 2.39. The van der Waals surface area contributed by atoms with E-state index in [4.69, 9.17) is 5.26 Å². The lowest BCUT2D eigenvalue weighted by molar-refractivity contribution is -0.137. The minimum atomic E-state index is -4.55. The molecule has 0 radical (unpaired) electrons. The SMILES string of the molecule is N#Cc1ccc([C@]2(O)CC[C@H](N3CC(NC(=O)CNC(=O)c4cccc(C(F)(F)F)c4)C3)CC2)cn1. The van der Waals surface area contributed by atoms with Gasteiger partial charge in [-0.15, -0.1) is 0 Å². The first-order valence-corrected chi connectivity index (χ1v) is 11.7. The summed E-state index contributed by atoms with van der Waals surface area (Å²) < 4.78 is 38.5. The van der Waals surface area contributed by atoms with E-state index in [1.165, 1.54) is 6.07 Å². The number of aliphatic hydroxyl groups is 1. The third-order valence-electron chi connectivity index (χ3n) is 6.85. The fourth-order valence-corrected chi connectivity index (χ4v) is 4.75. The van der Waals surface area contributed by atoms with Gasteiger partial charge >= 0.3 is 6.18 Å². The van der Waals surface area contributed by atoms with Gasteiger partial charge in [-0.05, 0) is 49.9 Å². The number of carbonyl (C=O) groups is 2. The molecule has 3 N–H and O–H groups in total. The molecule has 1 aromatic carbocycles. The standard InChI is InChI=1S/C25H26F3N5O3/c26-25(27,28)17-3-1-2-16(10-17)23(35)31-13-22(34)32-20-14-33(15-20)21-6-8-24(36,9-7-21)18-4-5-19(11-29)30-12-18/h1-5,10,12,20-21,36H,6-9,13-15H2,(H,31,35)(H,32,34)/t21-,24-. The Balaban J connectivity index is 1.18. The average molecular weight is 502 g/mol. The van der Waals surface area contributed by atoms with Crippen molar-refractivity contribution in [1.82, 2.24) is 20.5 Å². The second kappa shape index (κ2) is 10.2. The third-order valence-corrected chi connectivity index (χ3v) is 6.85. The maximum absolute atomic E-state index is 12.8. The zero-order valence-corrected chi connectivity index (χ0v) is 19.4. The summed E-state index contributed by atoms with van der Waals surface area (Å²) in [5.41, 5.74) is -1.04. The van der Waals surface area contributed by atoms with Gasteiger partial charge in [0.15, 0.2) is 0 Å². The Morgan fingerprint density at radius 2 is 1.92 bits per heavy atom. The van der Waals surface area contributed by atoms with E-state index >= 15 is 0 Å². The van der Waals surface area contributed by atoms with Crippen LogP contribution in [0.1, 0.15) is 52.9 Å². The highest BCUT2D eigenvalue weighted by Gasteiger charge is 2.40. The number of hydrogen-bond donors (Lipinski definition) is 3. The molecule has 2 heterocycles. The van der Waals surface area contributed by atoms with E-state index in [1.807, 2.05) is 6.07 Å². The van der Waals surface area contributed by atoms with E-state index in [2.05, 4.69) is 20.5 Å². The Bertz CT molecular complexity index is 1150. The van der Waals surface area contributed by atoms with Gasteiger partial charge in [0.1, 0.15) is 11.8 Å². The Kier molecular flexibility index (Phi) is 7.28. The van der Waals surface area contributed by atoms with E-state index in [9.17, 15) is 27.9 Å². The quantitative estimate of drug-likeness (QED) is 0.559. The summed E-state index contributed by atoms with van der Waals surface area (Å²) in [6.45, 7) is 0.963. The Labute approximate surface area is 206 Å². The van der Waals surface area contributed by atoms with Crippen molar-refractivity contribution >= 4 is 11.8 Å². The first kappa shape index (κ1) is 25.6. The molecule has 1 aliphatic heterocycles. The van der Waals surface area contributed by atoms with Gasteiger partial charge in [-0.2, -0.15) is 18.4 Å². The second-order valence-electron chi connectivity index (χ2n) is 9.29. The van der Waals surface area contributed by atoms with Gasteiger partial charge in [0, 0.05) is 36.5 Å². The van der Waals surface area contributed by atoms with Crippen molar-refractivity contribution in [2.45, 2.75) is 49.5 Å². The molecule has 1 saturated carbocycles. The zero-order chi connectivity index (χ0) is 25.9. The van der Waals surface area contributed by atoms with Gasteiger partial charge in [-0.3, -0.25) is 14.5 Å². The van der Waals surface area contributed by atoms with Crippen LogP contribution in [0, 0.1) is 11.3 Å². The van der Waals surface area contributed by atoms with Crippen molar-refractivity contribution in [3.63, 3.8) is 0 Å². The molecule has 1 saturated heterocycles. The average Bonchev–Trinajstić information content (AvgIpc) is 2.85. The van der Waals surface area contributed by atoms with Gasteiger partial charge < -0.3 is 15.7 Å². The fraction of sp³-hybridized carbons (Fsp3) is 0.440. The van der Waals surface area contributed by atoms with Crippen LogP contribution in [0.3, 0.4) is 0 Å². The number of nitrogens with one attached hydrogen (secondary N) is 2. The maximum atomic E-state index is 12.8. The number of amides is 2. The molecule has 1 aliphatic carbocycles. The number of pyridine rings is 1. The lowest BCUT2D eigenvalue weighted by Crippen LogP contribution is -2.63. The topological polar surface area (TPSA) is 118 Å². The highest BCUT2D eigenvalue weighted by atomic mass is 19.4. The molecular weight excluding hydrogens is 475 g/mol. The van der Waals surface area contributed by atoms with Crippen LogP contribution in [0.2, 0.25) is 0 Å². The molecular formula is C25H26F3N5O3. The number of nitrogens with zero attached hydrogens (tertiary/aromatic N) is 3. The molecule has 11 heteroatoms. The molecule has 8 nitrogen and oxygen atoms in total. The molecule has 0 unspecified atom stereocenters. The van der Waals surface area contributed by atoms with Crippen molar-refractivity contribution in [2.24, 2.45) is 0 Å². The Morgan fingerprint density at radius 3 is 2.53 bits per heavy atom. The molecule has 190 valence electrons. The molecule has 36 heavy (non-hydrogen) atoms. The molecule has 0 spiro atoms. The van der Waals surface area contributed by atoms with Crippen molar-refractivity contribution in [1.29, 1.82) is 5.26 Å². The predicted molar refractivity (Wildman–Crippen MR) is 122 cm³/mol. The van der Waals surface area contributed by atoms with Crippen molar-refractivity contribution in [3.05, 3.63) is 65.0 Å². The van der Waals surface area contributed by atoms with Crippen LogP contribution in [-0.4, -0.2) is 58.5 Å². The minimum Gasteiger partial charge on any atom is -0.385 e. The summed E-state index contributed by atoms with van der Waals surface area (Å²) in [5, 5.41) is 25.1. The second-order valence-corrected chi connectivity index (χ2v) is 9.29. The lowest BCUT2D eigenvalue weighted by atomic mass is 9.77. The first-order chi connectivity index (χ1) is 17.1. The molecule has 0 atom stereocenters. The zero-order valence-electron chi connectivity index (χ0n) is 19.4. The molecule has 2 aliphatic rings. The van der Waals surface area contributed by atoms with E-state index in [0.29, 0.717) is 37.2 Å². The molecule has 2 aromatic rings. The number of likely N-dealkylation sites (tertiary alicyclic amines) is 1. The van der Waals surface area contributed by atoms with E-state index < -0.39 is 29.2 Å². The molecule has 0 bridgehead atoms. The number of nitriles is 1. The third kappa shape index (κ3) is 5.83. The van der Waals surface area contributed by atoms with Gasteiger partial charge in [-0.1, -0.05) is 12.1 Å². The number of hydrogen-bond acceptors (Lipinski definition) is 6. The number of aromatic nitrogens is 1. The van der Waals surface area contributed by atoms with Crippen LogP contribution in [0.25, 0.3) is 0 Å². The summed E-state index contributed by atoms with van der Waals surface area (Å²) >= 11 is 0. The van der Waals surface area contributed by atoms with E-state index in [0.717, 1.165) is 31.0 Å². The summed E-state index contributed by atoms with van der Waals surface area (Å²) in [5.74, 6) is -1.16. The number of halogens is 3. The van der Waals surface area contributed by atoms with Gasteiger partial charge in [0.05, 0.1) is 23.8 Å². The largest absolute Gasteiger partial charge is 0.416 e. The van der Waals surface area contributed by atoms with Crippen LogP contribution in [-0.2, 0) is 16.6 Å². The molecule has 1 aromatic heterocycles. The summed E-state index contributed by atoms with van der Waals surface area (Å²) in [6.07, 6.45) is -0.295. The molecule has 4 rings (SSSR count). The minimum absolute atomic E-state index is 0.0773. The van der Waals surface area contributed by atoms with Gasteiger partial charge in [0.2, 0.25) is 5.91 Å². The Hall–Kier alpha value is -3.49. The van der Waals surface area contributed by atoms with Crippen LogP contribution < -0.4 is 10.6 Å². The van der Waals surface area contributed by atoms with Gasteiger partial charge in [0.25, 0.3) is 5.91 Å². The lowest BCUT2D eigenvalue weighted by Gasteiger charge is -2.48. The van der Waals surface area contributed by atoms with Crippen LogP contribution in [0.5, 0.6) is 0 Å². The van der Waals surface area contributed by atoms with Crippen LogP contribution in [0.15, 0.2) is 42.6 Å². The fourth-order valence-electron chi connectivity index (χ4n) is 4.75. The maximum Gasteiger partial charge on any atom is 0.416 e. The van der Waals surface area contributed by atoms with E-state index in [-0.39, 0.29) is 24.2 Å². The van der Waals surface area contributed by atoms with Crippen molar-refractivity contribution in [3.8, 4) is 6.07 Å². The molecule has 2 amide bonds. The summed E-state index contributed by atoms with van der Waals surface area (Å²) in [6, 6.07) is 9.55. The Morgan fingerprint density at radius 1 is 1.19 bits per heavy atom. The number of benzene rings is 1. The van der Waals surface area contributed by atoms with E-state index in [1.54, 1.807) is 18.3 Å². The van der Waals surface area contributed by atoms with Crippen LogP contribution >= 0.6 is 0 Å². The molecule has 2 fully saturated rings. The number of carbonyl (C=O) groups excluding carboxylic acids is 2. The van der Waals surface area contributed by atoms with Crippen molar-refractivity contribution in [2.75, 3.05) is 19.6 Å². The van der Waals surface area contributed by atoms with Crippen LogP contribution in [0.4, 0.5) is 13.2 Å². The summed E-state index contributed by atoms with van der Waals surface area (Å²) in [4.78, 5) is 30.6. The predicted octanol–water partition coefficient (Wildman–Crippen LogP) is 2.33.